The molecule has 2 nitrogen and oxygen atoms in total. The van der Waals surface area contributed by atoms with Crippen LogP contribution < -0.4 is 5.32 Å². The minimum atomic E-state index is 0.500. The molecule has 3 aliphatic rings. The maximum Gasteiger partial charge on any atom is 0.0441 e. The summed E-state index contributed by atoms with van der Waals surface area (Å²) < 4.78 is 0. The van der Waals surface area contributed by atoms with Crippen molar-refractivity contribution >= 4 is 6.21 Å². The van der Waals surface area contributed by atoms with Gasteiger partial charge in [0.25, 0.3) is 0 Å². The molecule has 14 heavy (non-hydrogen) atoms. The van der Waals surface area contributed by atoms with Crippen LogP contribution in [0.2, 0.25) is 0 Å². The highest BCUT2D eigenvalue weighted by Gasteiger charge is 2.39. The van der Waals surface area contributed by atoms with Crippen molar-refractivity contribution in [2.45, 2.75) is 12.1 Å². The lowest BCUT2D eigenvalue weighted by atomic mass is 9.85. The molecule has 1 saturated heterocycles. The molecule has 4 atom stereocenters. The van der Waals surface area contributed by atoms with Crippen LogP contribution in [0.25, 0.3) is 0 Å². The summed E-state index contributed by atoms with van der Waals surface area (Å²) in [5.74, 6) is 1.26. The summed E-state index contributed by atoms with van der Waals surface area (Å²) >= 11 is 0. The molecule has 1 N–H and O–H groups in total. The van der Waals surface area contributed by atoms with Gasteiger partial charge in [-0.25, -0.2) is 0 Å². The molecule has 1 fully saturated rings. The van der Waals surface area contributed by atoms with Crippen LogP contribution in [0.3, 0.4) is 0 Å². The molecule has 0 aromatic rings. The van der Waals surface area contributed by atoms with Crippen LogP contribution in [0.1, 0.15) is 0 Å². The Hall–Kier alpha value is -1.15. The second-order valence-corrected chi connectivity index (χ2v) is 4.13. The molecule has 0 amide bonds. The van der Waals surface area contributed by atoms with E-state index in [2.05, 4.69) is 46.8 Å². The van der Waals surface area contributed by atoms with E-state index in [-0.39, 0.29) is 0 Å². The number of hydrogen-bond donors (Lipinski definition) is 1. The molecule has 0 bridgehead atoms. The monoisotopic (exact) mass is 186 g/mol. The van der Waals surface area contributed by atoms with Gasteiger partial charge < -0.3 is 5.32 Å². The van der Waals surface area contributed by atoms with Crippen LogP contribution in [-0.4, -0.2) is 24.8 Å². The summed E-state index contributed by atoms with van der Waals surface area (Å²) in [6.45, 7) is 0.948. The topological polar surface area (TPSA) is 24.4 Å². The van der Waals surface area contributed by atoms with Gasteiger partial charge in [0.05, 0.1) is 0 Å². The van der Waals surface area contributed by atoms with Crippen LogP contribution in [0.15, 0.2) is 41.4 Å². The SMILES string of the molecule is C1=CC2NC3C=CC=NCC3C2C=C1. The number of hydrogen-bond acceptors (Lipinski definition) is 2. The molecule has 3 rings (SSSR count). The molecule has 4 unspecified atom stereocenters. The maximum absolute atomic E-state index is 4.39. The molecule has 0 aromatic carbocycles. The van der Waals surface area contributed by atoms with E-state index in [0.717, 1.165) is 6.54 Å². The van der Waals surface area contributed by atoms with Crippen molar-refractivity contribution in [3.05, 3.63) is 36.5 Å². The Morgan fingerprint density at radius 2 is 1.86 bits per heavy atom. The molecular formula is C12H14N2. The second-order valence-electron chi connectivity index (χ2n) is 4.13. The number of rotatable bonds is 0. The molecule has 0 saturated carbocycles. The average molecular weight is 186 g/mol. The molecule has 2 heterocycles. The smallest absolute Gasteiger partial charge is 0.0441 e. The Labute approximate surface area is 84.1 Å². The number of nitrogens with zero attached hydrogens (tertiary/aromatic N) is 1. The predicted molar refractivity (Wildman–Crippen MR) is 58.5 cm³/mol. The third-order valence-corrected chi connectivity index (χ3v) is 3.34. The van der Waals surface area contributed by atoms with Crippen LogP contribution >= 0.6 is 0 Å². The van der Waals surface area contributed by atoms with Crippen LogP contribution in [0.5, 0.6) is 0 Å². The van der Waals surface area contributed by atoms with Crippen molar-refractivity contribution in [1.29, 1.82) is 0 Å². The lowest BCUT2D eigenvalue weighted by molar-refractivity contribution is 0.451. The van der Waals surface area contributed by atoms with E-state index in [4.69, 9.17) is 0 Å². The van der Waals surface area contributed by atoms with E-state index < -0.39 is 0 Å². The van der Waals surface area contributed by atoms with Crippen molar-refractivity contribution in [1.82, 2.24) is 5.32 Å². The number of aliphatic imine (C=N–C) groups is 1. The minimum Gasteiger partial charge on any atom is -0.303 e. The first kappa shape index (κ1) is 8.18. The van der Waals surface area contributed by atoms with Crippen molar-refractivity contribution in [2.24, 2.45) is 16.8 Å². The van der Waals surface area contributed by atoms with Gasteiger partial charge in [-0.3, -0.25) is 4.99 Å². The maximum atomic E-state index is 4.39. The van der Waals surface area contributed by atoms with Crippen molar-refractivity contribution in [3.8, 4) is 0 Å². The zero-order valence-electron chi connectivity index (χ0n) is 8.01. The van der Waals surface area contributed by atoms with Gasteiger partial charge in [-0.2, -0.15) is 0 Å². The van der Waals surface area contributed by atoms with E-state index in [1.54, 1.807) is 0 Å². The summed E-state index contributed by atoms with van der Waals surface area (Å²) in [6, 6.07) is 1.02. The highest BCUT2D eigenvalue weighted by molar-refractivity contribution is 5.71. The highest BCUT2D eigenvalue weighted by atomic mass is 15.0. The number of nitrogens with one attached hydrogen (secondary N) is 1. The van der Waals surface area contributed by atoms with Gasteiger partial charge in [-0.15, -0.1) is 0 Å². The lowest BCUT2D eigenvalue weighted by Gasteiger charge is -2.19. The number of fused-ring (bicyclic) bond motifs is 3. The van der Waals surface area contributed by atoms with Gasteiger partial charge in [0, 0.05) is 36.7 Å². The van der Waals surface area contributed by atoms with Gasteiger partial charge in [0.15, 0.2) is 0 Å². The molecule has 0 aromatic heterocycles. The van der Waals surface area contributed by atoms with E-state index in [9.17, 15) is 0 Å². The van der Waals surface area contributed by atoms with Crippen LogP contribution in [0.4, 0.5) is 0 Å². The molecular weight excluding hydrogens is 172 g/mol. The van der Waals surface area contributed by atoms with Crippen LogP contribution in [0, 0.1) is 11.8 Å². The standard InChI is InChI=1S/C12H14N2/c1-2-5-11-9(4-1)10-8-13-7-3-6-12(10)14-11/h1-7,9-12,14H,8H2. The Morgan fingerprint density at radius 1 is 1.00 bits per heavy atom. The Balaban J connectivity index is 1.91. The van der Waals surface area contributed by atoms with Gasteiger partial charge >= 0.3 is 0 Å². The van der Waals surface area contributed by atoms with Gasteiger partial charge in [0.2, 0.25) is 0 Å². The Kier molecular flexibility index (Phi) is 1.88. The van der Waals surface area contributed by atoms with Crippen molar-refractivity contribution in [2.75, 3.05) is 6.54 Å². The Morgan fingerprint density at radius 3 is 2.86 bits per heavy atom. The van der Waals surface area contributed by atoms with E-state index in [1.807, 2.05) is 6.21 Å². The summed E-state index contributed by atoms with van der Waals surface area (Å²) in [5.41, 5.74) is 0. The van der Waals surface area contributed by atoms with Gasteiger partial charge in [-0.1, -0.05) is 30.4 Å². The summed E-state index contributed by atoms with van der Waals surface area (Å²) in [5, 5.41) is 3.63. The normalized spacial score (nSPS) is 43.4. The van der Waals surface area contributed by atoms with E-state index in [0.29, 0.717) is 23.9 Å². The summed E-state index contributed by atoms with van der Waals surface area (Å²) in [7, 11) is 0. The third-order valence-electron chi connectivity index (χ3n) is 3.34. The lowest BCUT2D eigenvalue weighted by Crippen LogP contribution is -2.29. The molecule has 1 aliphatic carbocycles. The number of allylic oxidation sites excluding steroid dienone is 3. The average Bonchev–Trinajstić information content (AvgIpc) is 2.42. The highest BCUT2D eigenvalue weighted by Crippen LogP contribution is 2.32. The molecule has 0 spiro atoms. The fraction of sp³-hybridized carbons (Fsp3) is 0.417. The summed E-state index contributed by atoms with van der Waals surface area (Å²) in [6.07, 6.45) is 15.1. The Bertz CT molecular complexity index is 338. The summed E-state index contributed by atoms with van der Waals surface area (Å²) in [4.78, 5) is 4.39. The molecule has 2 aliphatic heterocycles. The largest absolute Gasteiger partial charge is 0.303 e. The van der Waals surface area contributed by atoms with E-state index >= 15 is 0 Å². The first-order chi connectivity index (χ1) is 6.95. The first-order valence-corrected chi connectivity index (χ1v) is 5.23. The quantitative estimate of drug-likeness (QED) is 0.606. The second kappa shape index (κ2) is 3.21. The minimum absolute atomic E-state index is 0.500. The fourth-order valence-corrected chi connectivity index (χ4v) is 2.63. The zero-order chi connectivity index (χ0) is 9.38. The fourth-order valence-electron chi connectivity index (χ4n) is 2.63. The van der Waals surface area contributed by atoms with Crippen LogP contribution in [-0.2, 0) is 0 Å². The molecule has 2 heteroatoms. The third kappa shape index (κ3) is 1.18. The first-order valence-electron chi connectivity index (χ1n) is 5.23. The van der Waals surface area contributed by atoms with Gasteiger partial charge in [0.1, 0.15) is 0 Å². The molecule has 72 valence electrons. The zero-order valence-corrected chi connectivity index (χ0v) is 8.01. The van der Waals surface area contributed by atoms with Crippen molar-refractivity contribution < 1.29 is 0 Å². The van der Waals surface area contributed by atoms with Crippen molar-refractivity contribution in [3.63, 3.8) is 0 Å². The van der Waals surface area contributed by atoms with E-state index in [1.165, 1.54) is 0 Å². The molecule has 0 radical (unpaired) electrons. The predicted octanol–water partition coefficient (Wildman–Crippen LogP) is 1.33. The van der Waals surface area contributed by atoms with Gasteiger partial charge in [-0.05, 0) is 6.08 Å².